The third-order valence-electron chi connectivity index (χ3n) is 9.25. The van der Waals surface area contributed by atoms with Crippen molar-refractivity contribution >= 4 is 35.0 Å². The van der Waals surface area contributed by atoms with Crippen LogP contribution >= 0.6 is 12.2 Å². The van der Waals surface area contributed by atoms with Gasteiger partial charge in [-0.05, 0) is 61.3 Å². The molecule has 8 nitrogen and oxygen atoms in total. The summed E-state index contributed by atoms with van der Waals surface area (Å²) in [5, 5.41) is 25.8. The van der Waals surface area contributed by atoms with Crippen molar-refractivity contribution in [3.05, 3.63) is 56.0 Å². The summed E-state index contributed by atoms with van der Waals surface area (Å²) in [5.41, 5.74) is 4.05. The Balaban J connectivity index is 1.42. The number of aliphatic hydroxyl groups excluding tert-OH is 1. The Hall–Kier alpha value is -3.21. The minimum absolute atomic E-state index is 0.0275. The van der Waals surface area contributed by atoms with E-state index in [1.54, 1.807) is 19.9 Å². The van der Waals surface area contributed by atoms with Gasteiger partial charge in [0, 0.05) is 28.1 Å². The highest BCUT2D eigenvalue weighted by atomic mass is 32.1. The zero-order valence-electron chi connectivity index (χ0n) is 22.3. The standard InChI is InChI=1S/C30H30FN3O5S/c1-3-30(38)18-9-22-26-16(11-34(22)28(40)17(18)12-39-29(30)37)25-20(33-27(36)23(35)8-14-4-5-14)7-6-15-13(2)19(31)10-21(32-26)24(15)25/h9-10,14,20,23,35,38H,3-8,11-12H2,1-2H3,(H,33,36)/t20-,23-,30+/m1/s1. The summed E-state index contributed by atoms with van der Waals surface area (Å²) in [7, 11) is 0. The number of aliphatic hydroxyl groups is 2. The maximum atomic E-state index is 15.1. The minimum Gasteiger partial charge on any atom is -0.458 e. The van der Waals surface area contributed by atoms with Crippen molar-refractivity contribution in [3.63, 3.8) is 0 Å². The van der Waals surface area contributed by atoms with Gasteiger partial charge >= 0.3 is 5.97 Å². The number of ether oxygens (including phenoxy) is 1. The van der Waals surface area contributed by atoms with Crippen LogP contribution in [-0.4, -0.2) is 37.7 Å². The fraction of sp³-hybridized carbons (Fsp3) is 0.467. The number of nitrogens with one attached hydrogen (secondary N) is 1. The number of esters is 1. The topological polar surface area (TPSA) is 114 Å². The number of hydrogen-bond acceptors (Lipinski definition) is 7. The van der Waals surface area contributed by atoms with Gasteiger partial charge in [-0.3, -0.25) is 4.79 Å². The number of halogens is 1. The number of cyclic esters (lactones) is 1. The molecule has 208 valence electrons. The number of amides is 1. The normalized spacial score (nSPS) is 23.3. The van der Waals surface area contributed by atoms with Gasteiger partial charge in [-0.2, -0.15) is 0 Å². The fourth-order valence-corrected chi connectivity index (χ4v) is 7.08. The number of nitrogens with zero attached hydrogens (tertiary/aromatic N) is 2. The van der Waals surface area contributed by atoms with E-state index in [-0.39, 0.29) is 18.8 Å². The Morgan fingerprint density at radius 1 is 1.30 bits per heavy atom. The highest BCUT2D eigenvalue weighted by molar-refractivity contribution is 7.71. The molecule has 0 unspecified atom stereocenters. The summed E-state index contributed by atoms with van der Waals surface area (Å²) in [4.78, 5) is 30.6. The average Bonchev–Trinajstić information content (AvgIpc) is 3.68. The molecule has 1 fully saturated rings. The van der Waals surface area contributed by atoms with E-state index in [9.17, 15) is 19.8 Å². The van der Waals surface area contributed by atoms with Gasteiger partial charge in [0.15, 0.2) is 5.60 Å². The SMILES string of the molecule is CC[C@@]1(O)C(=O)OCc2c1cc1n(c2=S)Cc2c-1nc1cc(F)c(C)c3c1c2[C@H](NC(=O)[C@H](O)CC1CC1)CC3. The number of pyridine rings is 2. The molecule has 7 rings (SSSR count). The lowest BCUT2D eigenvalue weighted by molar-refractivity contribution is -0.172. The molecule has 0 radical (unpaired) electrons. The van der Waals surface area contributed by atoms with Crippen molar-refractivity contribution < 1.29 is 28.9 Å². The average molecular weight is 564 g/mol. The van der Waals surface area contributed by atoms with E-state index >= 15 is 4.39 Å². The number of carbonyl (C=O) groups excluding carboxylic acids is 2. The fourth-order valence-electron chi connectivity index (χ4n) is 6.74. The number of hydrogen-bond donors (Lipinski definition) is 3. The van der Waals surface area contributed by atoms with Crippen LogP contribution in [0.5, 0.6) is 0 Å². The number of benzene rings is 1. The van der Waals surface area contributed by atoms with E-state index in [0.717, 1.165) is 34.9 Å². The van der Waals surface area contributed by atoms with Gasteiger partial charge in [-0.25, -0.2) is 14.2 Å². The molecule has 4 heterocycles. The van der Waals surface area contributed by atoms with Crippen molar-refractivity contribution in [2.45, 2.75) is 83.3 Å². The number of carbonyl (C=O) groups is 2. The number of rotatable bonds is 5. The van der Waals surface area contributed by atoms with Crippen LogP contribution in [0.3, 0.4) is 0 Å². The van der Waals surface area contributed by atoms with Gasteiger partial charge < -0.3 is 24.8 Å². The lowest BCUT2D eigenvalue weighted by atomic mass is 9.81. The highest BCUT2D eigenvalue weighted by Crippen LogP contribution is 2.47. The molecule has 0 saturated heterocycles. The Morgan fingerprint density at radius 3 is 2.80 bits per heavy atom. The molecule has 1 amide bonds. The molecule has 0 spiro atoms. The van der Waals surface area contributed by atoms with Crippen LogP contribution in [0.2, 0.25) is 0 Å². The predicted molar refractivity (Wildman–Crippen MR) is 146 cm³/mol. The first-order valence-corrected chi connectivity index (χ1v) is 14.3. The van der Waals surface area contributed by atoms with Gasteiger partial charge in [0.1, 0.15) is 23.2 Å². The molecule has 3 N–H and O–H groups in total. The van der Waals surface area contributed by atoms with Crippen LogP contribution in [0, 0.1) is 23.3 Å². The van der Waals surface area contributed by atoms with E-state index in [0.29, 0.717) is 70.0 Å². The smallest absolute Gasteiger partial charge is 0.343 e. The first-order chi connectivity index (χ1) is 19.1. The second kappa shape index (κ2) is 8.89. The minimum atomic E-state index is -1.82. The van der Waals surface area contributed by atoms with Crippen molar-refractivity contribution in [2.75, 3.05) is 0 Å². The van der Waals surface area contributed by atoms with Crippen LogP contribution in [-0.2, 0) is 39.5 Å². The monoisotopic (exact) mass is 563 g/mol. The summed E-state index contributed by atoms with van der Waals surface area (Å²) >= 11 is 5.86. The number of fused-ring (bicyclic) bond motifs is 5. The van der Waals surface area contributed by atoms with Gasteiger partial charge in [-0.15, -0.1) is 0 Å². The molecule has 3 atom stereocenters. The molecule has 10 heteroatoms. The Labute approximate surface area is 235 Å². The zero-order valence-corrected chi connectivity index (χ0v) is 23.2. The Kier molecular flexibility index (Phi) is 5.72. The van der Waals surface area contributed by atoms with Crippen LogP contribution in [0.1, 0.15) is 78.5 Å². The van der Waals surface area contributed by atoms with Crippen LogP contribution < -0.4 is 5.32 Å². The molecule has 4 aliphatic rings. The molecule has 0 bridgehead atoms. The van der Waals surface area contributed by atoms with Gasteiger partial charge in [0.05, 0.1) is 29.5 Å². The first-order valence-electron chi connectivity index (χ1n) is 13.9. The summed E-state index contributed by atoms with van der Waals surface area (Å²) in [5.74, 6) is -1.05. The zero-order chi connectivity index (χ0) is 28.1. The third-order valence-corrected chi connectivity index (χ3v) is 9.72. The predicted octanol–water partition coefficient (Wildman–Crippen LogP) is 4.16. The number of aromatic nitrogens is 2. The second-order valence-electron chi connectivity index (χ2n) is 11.6. The summed E-state index contributed by atoms with van der Waals surface area (Å²) < 4.78 is 22.7. The van der Waals surface area contributed by atoms with Crippen LogP contribution in [0.25, 0.3) is 22.3 Å². The lowest BCUT2D eigenvalue weighted by Crippen LogP contribution is -2.41. The first kappa shape index (κ1) is 25.7. The van der Waals surface area contributed by atoms with Crippen molar-refractivity contribution in [2.24, 2.45) is 5.92 Å². The summed E-state index contributed by atoms with van der Waals surface area (Å²) in [6, 6.07) is 2.79. The molecule has 2 aliphatic carbocycles. The lowest BCUT2D eigenvalue weighted by Gasteiger charge is -2.32. The summed E-state index contributed by atoms with van der Waals surface area (Å²) in [6.45, 7) is 3.82. The highest BCUT2D eigenvalue weighted by Gasteiger charge is 2.45. The van der Waals surface area contributed by atoms with E-state index in [1.165, 1.54) is 6.07 Å². The molecule has 2 aliphatic heterocycles. The molecule has 3 aromatic rings. The molecular formula is C30H30FN3O5S. The Morgan fingerprint density at radius 2 is 2.08 bits per heavy atom. The molecule has 1 saturated carbocycles. The number of aryl methyl sites for hydroxylation is 1. The third kappa shape index (κ3) is 3.62. The van der Waals surface area contributed by atoms with Crippen molar-refractivity contribution in [3.8, 4) is 11.4 Å². The van der Waals surface area contributed by atoms with Crippen molar-refractivity contribution in [1.82, 2.24) is 14.9 Å². The summed E-state index contributed by atoms with van der Waals surface area (Å²) in [6.07, 6.45) is 2.70. The molecule has 40 heavy (non-hydrogen) atoms. The van der Waals surface area contributed by atoms with E-state index in [1.807, 2.05) is 4.57 Å². The van der Waals surface area contributed by atoms with Gasteiger partial charge in [0.2, 0.25) is 5.91 Å². The maximum Gasteiger partial charge on any atom is 0.343 e. The van der Waals surface area contributed by atoms with E-state index in [4.69, 9.17) is 21.9 Å². The van der Waals surface area contributed by atoms with Gasteiger partial charge in [0.25, 0.3) is 0 Å². The molecular weight excluding hydrogens is 533 g/mol. The van der Waals surface area contributed by atoms with E-state index in [2.05, 4.69) is 5.32 Å². The van der Waals surface area contributed by atoms with Crippen LogP contribution in [0.4, 0.5) is 4.39 Å². The Bertz CT molecular complexity index is 1710. The van der Waals surface area contributed by atoms with E-state index < -0.39 is 29.6 Å². The molecule has 2 aromatic heterocycles. The quantitative estimate of drug-likeness (QED) is 0.247. The van der Waals surface area contributed by atoms with Crippen molar-refractivity contribution in [1.29, 1.82) is 0 Å². The van der Waals surface area contributed by atoms with Crippen LogP contribution in [0.15, 0.2) is 12.1 Å². The second-order valence-corrected chi connectivity index (χ2v) is 12.0. The van der Waals surface area contributed by atoms with Gasteiger partial charge in [-0.1, -0.05) is 32.0 Å². The largest absolute Gasteiger partial charge is 0.458 e. The maximum absolute atomic E-state index is 15.1. The molecule has 1 aromatic carbocycles.